The Kier molecular flexibility index (Phi) is 10.3. The van der Waals surface area contributed by atoms with Crippen LogP contribution >= 0.6 is 0 Å². The van der Waals surface area contributed by atoms with Crippen LogP contribution in [-0.2, 0) is 0 Å². The first-order chi connectivity index (χ1) is 12.0. The zero-order valence-corrected chi connectivity index (χ0v) is 17.3. The summed E-state index contributed by atoms with van der Waals surface area (Å²) >= 11 is 0. The van der Waals surface area contributed by atoms with Crippen molar-refractivity contribution in [3.63, 3.8) is 0 Å². The van der Waals surface area contributed by atoms with Crippen LogP contribution in [0.3, 0.4) is 0 Å². The Labute approximate surface area is 164 Å². The van der Waals surface area contributed by atoms with Crippen molar-refractivity contribution in [2.45, 2.75) is 86.5 Å². The molecule has 0 aliphatic carbocycles. The standard InChI is InChI=1S/C12H16F2.C10H16N2.CH4/c1-7(2)9-5-10(13)12(8(3)4)11(14)6-9;1-7(2)9-5-11-10(8(3)4)12-6-9;/h5-8H,1-4H3;5-8H,1-4H3;1H4. The fourth-order valence-corrected chi connectivity index (χ4v) is 2.43. The lowest BCUT2D eigenvalue weighted by atomic mass is 9.96. The molecule has 27 heavy (non-hydrogen) atoms. The summed E-state index contributed by atoms with van der Waals surface area (Å²) in [4.78, 5) is 8.58. The van der Waals surface area contributed by atoms with Crippen LogP contribution in [-0.4, -0.2) is 9.97 Å². The van der Waals surface area contributed by atoms with Gasteiger partial charge in [0.1, 0.15) is 17.5 Å². The van der Waals surface area contributed by atoms with E-state index in [1.165, 1.54) is 17.7 Å². The molecule has 0 atom stereocenters. The van der Waals surface area contributed by atoms with Gasteiger partial charge in [0.2, 0.25) is 0 Å². The van der Waals surface area contributed by atoms with Gasteiger partial charge in [-0.1, -0.05) is 62.8 Å². The number of nitrogens with zero attached hydrogens (tertiary/aromatic N) is 2. The SMILES string of the molecule is C.CC(C)c1cc(F)c(C(C)C)c(F)c1.CC(C)c1cnc(C(C)C)nc1. The van der Waals surface area contributed by atoms with Crippen molar-refractivity contribution < 1.29 is 8.78 Å². The molecule has 0 radical (unpaired) electrons. The summed E-state index contributed by atoms with van der Waals surface area (Å²) in [5, 5.41) is 0. The molecule has 4 heteroatoms. The Morgan fingerprint density at radius 2 is 1.04 bits per heavy atom. The molecule has 0 spiro atoms. The fourth-order valence-electron chi connectivity index (χ4n) is 2.43. The third-order valence-electron chi connectivity index (χ3n) is 4.22. The van der Waals surface area contributed by atoms with Crippen LogP contribution in [0.25, 0.3) is 0 Å². The minimum absolute atomic E-state index is 0. The first kappa shape index (κ1) is 25.2. The van der Waals surface area contributed by atoms with Gasteiger partial charge < -0.3 is 0 Å². The number of hydrogen-bond donors (Lipinski definition) is 0. The molecule has 2 nitrogen and oxygen atoms in total. The second-order valence-electron chi connectivity index (χ2n) is 7.89. The molecule has 152 valence electrons. The summed E-state index contributed by atoms with van der Waals surface area (Å²) in [5.74, 6) is 1.06. The Bertz CT molecular complexity index is 640. The topological polar surface area (TPSA) is 25.8 Å². The summed E-state index contributed by atoms with van der Waals surface area (Å²) in [7, 11) is 0. The molecular formula is C23H36F2N2. The van der Waals surface area contributed by atoms with Crippen molar-refractivity contribution in [1.82, 2.24) is 9.97 Å². The monoisotopic (exact) mass is 378 g/mol. The molecule has 2 aromatic rings. The summed E-state index contributed by atoms with van der Waals surface area (Å²) in [6.07, 6.45) is 3.85. The smallest absolute Gasteiger partial charge is 0.130 e. The number of aromatic nitrogens is 2. The van der Waals surface area contributed by atoms with Crippen LogP contribution in [0.2, 0.25) is 0 Å². The Morgan fingerprint density at radius 3 is 1.33 bits per heavy atom. The zero-order chi connectivity index (χ0) is 20.0. The Balaban J connectivity index is 0.000000488. The second kappa shape index (κ2) is 11.1. The Hall–Kier alpha value is -1.84. The van der Waals surface area contributed by atoms with E-state index in [1.807, 2.05) is 26.2 Å². The number of rotatable bonds is 4. The molecule has 2 rings (SSSR count). The molecule has 0 saturated carbocycles. The van der Waals surface area contributed by atoms with Crippen LogP contribution in [0.15, 0.2) is 24.5 Å². The molecule has 0 bridgehead atoms. The third kappa shape index (κ3) is 7.36. The lowest BCUT2D eigenvalue weighted by molar-refractivity contribution is 0.536. The van der Waals surface area contributed by atoms with Crippen molar-refractivity contribution in [3.8, 4) is 0 Å². The highest BCUT2D eigenvalue weighted by Gasteiger charge is 2.15. The van der Waals surface area contributed by atoms with Crippen molar-refractivity contribution in [1.29, 1.82) is 0 Å². The quantitative estimate of drug-likeness (QED) is 0.548. The van der Waals surface area contributed by atoms with E-state index >= 15 is 0 Å². The normalized spacial score (nSPS) is 10.9. The van der Waals surface area contributed by atoms with Gasteiger partial charge in [0.25, 0.3) is 0 Å². The maximum Gasteiger partial charge on any atom is 0.130 e. The number of benzene rings is 1. The predicted molar refractivity (Wildman–Crippen MR) is 111 cm³/mol. The average Bonchev–Trinajstić information content (AvgIpc) is 2.54. The molecule has 1 aromatic heterocycles. The van der Waals surface area contributed by atoms with Crippen LogP contribution in [0.5, 0.6) is 0 Å². The average molecular weight is 379 g/mol. The highest BCUT2D eigenvalue weighted by Crippen LogP contribution is 2.26. The van der Waals surface area contributed by atoms with Gasteiger partial charge in [0, 0.05) is 23.9 Å². The highest BCUT2D eigenvalue weighted by atomic mass is 19.1. The molecule has 0 saturated heterocycles. The molecule has 0 fully saturated rings. The van der Waals surface area contributed by atoms with Crippen molar-refractivity contribution >= 4 is 0 Å². The number of hydrogen-bond acceptors (Lipinski definition) is 2. The van der Waals surface area contributed by atoms with Crippen LogP contribution in [0.4, 0.5) is 8.78 Å². The third-order valence-corrected chi connectivity index (χ3v) is 4.22. The van der Waals surface area contributed by atoms with E-state index in [-0.39, 0.29) is 24.8 Å². The summed E-state index contributed by atoms with van der Waals surface area (Å²) in [6, 6.07) is 2.87. The van der Waals surface area contributed by atoms with E-state index in [4.69, 9.17) is 0 Å². The fraction of sp³-hybridized carbons (Fsp3) is 0.565. The minimum atomic E-state index is -0.427. The van der Waals surface area contributed by atoms with Gasteiger partial charge in [0.05, 0.1) is 0 Å². The largest absolute Gasteiger partial charge is 0.241 e. The van der Waals surface area contributed by atoms with Gasteiger partial charge in [-0.3, -0.25) is 0 Å². The van der Waals surface area contributed by atoms with E-state index in [1.54, 1.807) is 13.8 Å². The van der Waals surface area contributed by atoms with Crippen molar-refractivity contribution in [3.05, 3.63) is 58.7 Å². The van der Waals surface area contributed by atoms with Crippen LogP contribution in [0.1, 0.15) is 109 Å². The molecule has 0 N–H and O–H groups in total. The van der Waals surface area contributed by atoms with Crippen LogP contribution < -0.4 is 0 Å². The van der Waals surface area contributed by atoms with Gasteiger partial charge in [-0.2, -0.15) is 0 Å². The first-order valence-corrected chi connectivity index (χ1v) is 9.35. The van der Waals surface area contributed by atoms with E-state index in [0.717, 1.165) is 5.82 Å². The minimum Gasteiger partial charge on any atom is -0.241 e. The second-order valence-corrected chi connectivity index (χ2v) is 7.89. The molecule has 0 aliphatic rings. The van der Waals surface area contributed by atoms with Gasteiger partial charge >= 0.3 is 0 Å². The lowest BCUT2D eigenvalue weighted by Gasteiger charge is -2.12. The van der Waals surface area contributed by atoms with Crippen molar-refractivity contribution in [2.24, 2.45) is 0 Å². The van der Waals surface area contributed by atoms with Gasteiger partial charge in [-0.15, -0.1) is 0 Å². The van der Waals surface area contributed by atoms with E-state index in [2.05, 4.69) is 37.7 Å². The molecular weight excluding hydrogens is 342 g/mol. The summed E-state index contributed by atoms with van der Waals surface area (Å²) in [6.45, 7) is 15.9. The van der Waals surface area contributed by atoms with E-state index < -0.39 is 11.6 Å². The van der Waals surface area contributed by atoms with Gasteiger partial charge in [0.15, 0.2) is 0 Å². The highest BCUT2D eigenvalue weighted by molar-refractivity contribution is 5.30. The number of halogens is 2. The lowest BCUT2D eigenvalue weighted by Crippen LogP contribution is -2.01. The molecule has 0 amide bonds. The summed E-state index contributed by atoms with van der Waals surface area (Å²) < 4.78 is 27.0. The van der Waals surface area contributed by atoms with Gasteiger partial charge in [-0.05, 0) is 41.0 Å². The van der Waals surface area contributed by atoms with Crippen LogP contribution in [0, 0.1) is 11.6 Å². The maximum absolute atomic E-state index is 13.5. The van der Waals surface area contributed by atoms with E-state index in [0.29, 0.717) is 17.4 Å². The van der Waals surface area contributed by atoms with E-state index in [9.17, 15) is 8.78 Å². The zero-order valence-electron chi connectivity index (χ0n) is 17.3. The predicted octanol–water partition coefficient (Wildman–Crippen LogP) is 7.57. The molecule has 0 aliphatic heterocycles. The Morgan fingerprint density at radius 1 is 0.630 bits per heavy atom. The summed E-state index contributed by atoms with van der Waals surface area (Å²) in [5.41, 5.74) is 2.11. The molecule has 0 unspecified atom stereocenters. The maximum atomic E-state index is 13.5. The molecule has 1 heterocycles. The van der Waals surface area contributed by atoms with Gasteiger partial charge in [-0.25, -0.2) is 18.7 Å². The first-order valence-electron chi connectivity index (χ1n) is 9.35. The van der Waals surface area contributed by atoms with Crippen molar-refractivity contribution in [2.75, 3.05) is 0 Å². The molecule has 1 aromatic carbocycles.